The topological polar surface area (TPSA) is 66.8 Å². The highest BCUT2D eigenvalue weighted by Crippen LogP contribution is 2.54. The first kappa shape index (κ1) is 14.8. The van der Waals surface area contributed by atoms with Crippen molar-refractivity contribution in [2.45, 2.75) is 52.9 Å². The fraction of sp³-hybridized carbons (Fsp3) is 0.933. The highest BCUT2D eigenvalue weighted by molar-refractivity contribution is 5.71. The Morgan fingerprint density at radius 3 is 2.42 bits per heavy atom. The quantitative estimate of drug-likeness (QED) is 0.823. The van der Waals surface area contributed by atoms with Crippen molar-refractivity contribution in [1.82, 2.24) is 0 Å². The first-order valence-electron chi connectivity index (χ1n) is 7.39. The van der Waals surface area contributed by atoms with E-state index in [1.54, 1.807) is 0 Å². The molecule has 0 radical (unpaired) electrons. The first-order valence-corrected chi connectivity index (χ1v) is 7.39. The zero-order valence-corrected chi connectivity index (χ0v) is 12.2. The van der Waals surface area contributed by atoms with Crippen LogP contribution in [-0.2, 0) is 9.53 Å². The van der Waals surface area contributed by atoms with Gasteiger partial charge in [-0.2, -0.15) is 0 Å². The molecule has 1 saturated carbocycles. The normalized spacial score (nSPS) is 42.1. The number of fused-ring (bicyclic) bond motifs is 1. The molecule has 1 aliphatic carbocycles. The van der Waals surface area contributed by atoms with Crippen LogP contribution in [0, 0.1) is 35.5 Å². The molecule has 4 heteroatoms. The third-order valence-corrected chi connectivity index (χ3v) is 4.83. The van der Waals surface area contributed by atoms with Gasteiger partial charge in [0.25, 0.3) is 0 Å². The lowest BCUT2D eigenvalue weighted by Gasteiger charge is -2.30. The molecular formula is C15H26O4. The summed E-state index contributed by atoms with van der Waals surface area (Å²) in [5, 5.41) is 19.5. The predicted octanol–water partition coefficient (Wildman–Crippen LogP) is 2.36. The van der Waals surface area contributed by atoms with Gasteiger partial charge in [0.05, 0.1) is 12.0 Å². The van der Waals surface area contributed by atoms with E-state index in [1.807, 2.05) is 0 Å². The average Bonchev–Trinajstić information content (AvgIpc) is 2.77. The van der Waals surface area contributed by atoms with Crippen molar-refractivity contribution >= 4 is 5.97 Å². The van der Waals surface area contributed by atoms with Crippen LogP contribution in [0.3, 0.4) is 0 Å². The molecule has 0 aromatic rings. The van der Waals surface area contributed by atoms with Crippen LogP contribution in [0.25, 0.3) is 0 Å². The summed E-state index contributed by atoms with van der Waals surface area (Å²) in [6, 6.07) is 0. The molecule has 1 unspecified atom stereocenters. The Morgan fingerprint density at radius 1 is 1.32 bits per heavy atom. The van der Waals surface area contributed by atoms with Gasteiger partial charge < -0.3 is 14.9 Å². The van der Waals surface area contributed by atoms with Gasteiger partial charge in [0.15, 0.2) is 6.29 Å². The van der Waals surface area contributed by atoms with Crippen molar-refractivity contribution in [3.63, 3.8) is 0 Å². The van der Waals surface area contributed by atoms with E-state index in [2.05, 4.69) is 27.7 Å². The average molecular weight is 270 g/mol. The Balaban J connectivity index is 2.24. The van der Waals surface area contributed by atoms with Crippen molar-refractivity contribution in [2.75, 3.05) is 0 Å². The van der Waals surface area contributed by atoms with Crippen molar-refractivity contribution in [1.29, 1.82) is 0 Å². The summed E-state index contributed by atoms with van der Waals surface area (Å²) >= 11 is 0. The second-order valence-corrected chi connectivity index (χ2v) is 6.94. The number of hydrogen-bond donors (Lipinski definition) is 2. The fourth-order valence-corrected chi connectivity index (χ4v) is 4.21. The largest absolute Gasteiger partial charge is 0.481 e. The van der Waals surface area contributed by atoms with E-state index < -0.39 is 12.3 Å². The zero-order valence-electron chi connectivity index (χ0n) is 12.2. The van der Waals surface area contributed by atoms with Gasteiger partial charge in [-0.05, 0) is 36.5 Å². The first-order chi connectivity index (χ1) is 8.82. The zero-order chi connectivity index (χ0) is 14.3. The van der Waals surface area contributed by atoms with E-state index in [-0.39, 0.29) is 29.8 Å². The lowest BCUT2D eigenvalue weighted by Crippen LogP contribution is -2.33. The van der Waals surface area contributed by atoms with Crippen molar-refractivity contribution in [2.24, 2.45) is 35.5 Å². The van der Waals surface area contributed by atoms with Crippen molar-refractivity contribution in [3.05, 3.63) is 0 Å². The molecule has 110 valence electrons. The van der Waals surface area contributed by atoms with Crippen LogP contribution in [0.4, 0.5) is 0 Å². The Hall–Kier alpha value is -0.610. The molecule has 2 aliphatic rings. The van der Waals surface area contributed by atoms with E-state index in [4.69, 9.17) is 4.74 Å². The highest BCUT2D eigenvalue weighted by Gasteiger charge is 2.57. The Kier molecular flexibility index (Phi) is 4.21. The number of aliphatic hydroxyl groups is 1. The van der Waals surface area contributed by atoms with Gasteiger partial charge in [-0.25, -0.2) is 0 Å². The highest BCUT2D eigenvalue weighted by atomic mass is 16.6. The summed E-state index contributed by atoms with van der Waals surface area (Å²) in [6.07, 6.45) is 0.683. The van der Waals surface area contributed by atoms with Crippen LogP contribution in [0.1, 0.15) is 40.5 Å². The van der Waals surface area contributed by atoms with E-state index in [0.29, 0.717) is 18.3 Å². The number of hydrogen-bond acceptors (Lipinski definition) is 3. The molecule has 19 heavy (non-hydrogen) atoms. The summed E-state index contributed by atoms with van der Waals surface area (Å²) in [7, 11) is 0. The van der Waals surface area contributed by atoms with Crippen LogP contribution < -0.4 is 0 Å². The lowest BCUT2D eigenvalue weighted by molar-refractivity contribution is -0.147. The van der Waals surface area contributed by atoms with Gasteiger partial charge in [-0.3, -0.25) is 4.79 Å². The maximum Gasteiger partial charge on any atom is 0.306 e. The lowest BCUT2D eigenvalue weighted by atomic mass is 9.76. The molecule has 1 heterocycles. The molecule has 1 saturated heterocycles. The summed E-state index contributed by atoms with van der Waals surface area (Å²) in [5.41, 5.74) is 0. The molecule has 2 rings (SSSR count). The van der Waals surface area contributed by atoms with E-state index in [0.717, 1.165) is 6.42 Å². The minimum absolute atomic E-state index is 0.00255. The maximum absolute atomic E-state index is 11.5. The maximum atomic E-state index is 11.5. The SMILES string of the molecule is CC(C)C[C@H]1OC(O)[C@H]2C[C@H](C(=O)O)[C@H](C(C)C)[C@H]21. The molecule has 0 spiro atoms. The smallest absolute Gasteiger partial charge is 0.306 e. The van der Waals surface area contributed by atoms with Crippen LogP contribution in [0.5, 0.6) is 0 Å². The number of carboxylic acids is 1. The Morgan fingerprint density at radius 2 is 1.95 bits per heavy atom. The summed E-state index contributed by atoms with van der Waals surface area (Å²) in [4.78, 5) is 11.5. The minimum atomic E-state index is -0.778. The second kappa shape index (κ2) is 5.41. The molecule has 0 aromatic heterocycles. The van der Waals surface area contributed by atoms with Gasteiger partial charge in [0.2, 0.25) is 0 Å². The summed E-state index contributed by atoms with van der Waals surface area (Å²) in [6.45, 7) is 8.44. The summed E-state index contributed by atoms with van der Waals surface area (Å²) < 4.78 is 5.71. The molecule has 2 fully saturated rings. The van der Waals surface area contributed by atoms with Gasteiger partial charge in [0.1, 0.15) is 0 Å². The predicted molar refractivity (Wildman–Crippen MR) is 71.4 cm³/mol. The van der Waals surface area contributed by atoms with Crippen LogP contribution in [0.2, 0.25) is 0 Å². The monoisotopic (exact) mass is 270 g/mol. The van der Waals surface area contributed by atoms with Crippen LogP contribution >= 0.6 is 0 Å². The number of ether oxygens (including phenoxy) is 1. The standard InChI is InChI=1S/C15H26O4/c1-7(2)5-11-13-10(15(18)19-11)6-9(14(16)17)12(13)8(3)4/h7-13,15,18H,5-6H2,1-4H3,(H,16,17)/t9-,10-,11+,12-,13+,15?/m0/s1. The van der Waals surface area contributed by atoms with E-state index in [9.17, 15) is 15.0 Å². The van der Waals surface area contributed by atoms with Crippen LogP contribution in [-0.4, -0.2) is 28.6 Å². The van der Waals surface area contributed by atoms with Crippen molar-refractivity contribution < 1.29 is 19.7 Å². The van der Waals surface area contributed by atoms with Crippen LogP contribution in [0.15, 0.2) is 0 Å². The Bertz CT molecular complexity index is 337. The molecule has 6 atom stereocenters. The number of aliphatic hydroxyl groups excluding tert-OH is 1. The molecule has 1 aliphatic heterocycles. The molecule has 4 nitrogen and oxygen atoms in total. The van der Waals surface area contributed by atoms with Gasteiger partial charge in [0, 0.05) is 5.92 Å². The molecule has 0 amide bonds. The molecule has 2 N–H and O–H groups in total. The molecular weight excluding hydrogens is 244 g/mol. The third kappa shape index (κ3) is 2.65. The van der Waals surface area contributed by atoms with Gasteiger partial charge in [-0.1, -0.05) is 27.7 Å². The minimum Gasteiger partial charge on any atom is -0.481 e. The van der Waals surface area contributed by atoms with E-state index in [1.165, 1.54) is 0 Å². The van der Waals surface area contributed by atoms with Gasteiger partial charge >= 0.3 is 5.97 Å². The number of carboxylic acid groups (broad SMARTS) is 1. The fourth-order valence-electron chi connectivity index (χ4n) is 4.21. The molecule has 0 bridgehead atoms. The van der Waals surface area contributed by atoms with Crippen molar-refractivity contribution in [3.8, 4) is 0 Å². The third-order valence-electron chi connectivity index (χ3n) is 4.83. The Labute approximate surface area is 115 Å². The number of carbonyl (C=O) groups is 1. The molecule has 0 aromatic carbocycles. The second-order valence-electron chi connectivity index (χ2n) is 6.94. The number of rotatable bonds is 4. The number of aliphatic carboxylic acids is 1. The van der Waals surface area contributed by atoms with Gasteiger partial charge in [-0.15, -0.1) is 0 Å². The summed E-state index contributed by atoms with van der Waals surface area (Å²) in [5.74, 6) is 0.0539. The van der Waals surface area contributed by atoms with E-state index >= 15 is 0 Å².